The van der Waals surface area contributed by atoms with E-state index in [-0.39, 0.29) is 5.56 Å². The van der Waals surface area contributed by atoms with Crippen molar-refractivity contribution in [2.45, 2.75) is 17.6 Å². The number of halogens is 1. The van der Waals surface area contributed by atoms with E-state index in [0.717, 1.165) is 0 Å². The monoisotopic (exact) mass is 386 g/mol. The summed E-state index contributed by atoms with van der Waals surface area (Å²) in [6, 6.07) is 12.4. The zero-order valence-corrected chi connectivity index (χ0v) is 15.2. The van der Waals surface area contributed by atoms with E-state index in [9.17, 15) is 14.0 Å². The lowest BCUT2D eigenvalue weighted by Crippen LogP contribution is -2.15. The third-order valence-corrected chi connectivity index (χ3v) is 4.59. The van der Waals surface area contributed by atoms with E-state index >= 15 is 0 Å². The van der Waals surface area contributed by atoms with E-state index in [4.69, 9.17) is 9.26 Å². The molecule has 0 atom stereocenters. The van der Waals surface area contributed by atoms with Gasteiger partial charge in [0.25, 0.3) is 0 Å². The number of hydrogen-bond donors (Lipinski definition) is 0. The summed E-state index contributed by atoms with van der Waals surface area (Å²) in [5.41, 5.74) is 0.194. The first-order chi connectivity index (χ1) is 13.0. The van der Waals surface area contributed by atoms with Gasteiger partial charge in [-0.1, -0.05) is 29.4 Å². The summed E-state index contributed by atoms with van der Waals surface area (Å²) in [5, 5.41) is 3.71. The van der Waals surface area contributed by atoms with Gasteiger partial charge in [-0.25, -0.2) is 9.18 Å². The highest BCUT2D eigenvalue weighted by Gasteiger charge is 2.17. The first-order valence-electron chi connectivity index (χ1n) is 8.00. The molecule has 138 valence electrons. The Hall–Kier alpha value is -3.00. The number of aryl methyl sites for hydroxylation is 1. The number of esters is 1. The number of carbonyl (C=O) groups is 2. The van der Waals surface area contributed by atoms with Crippen LogP contribution in [0.4, 0.5) is 4.39 Å². The largest absolute Gasteiger partial charge is 0.454 e. The van der Waals surface area contributed by atoms with Gasteiger partial charge in [0.15, 0.2) is 12.4 Å². The summed E-state index contributed by atoms with van der Waals surface area (Å²) in [5.74, 6) is -0.554. The minimum absolute atomic E-state index is 0.111. The summed E-state index contributed by atoms with van der Waals surface area (Å²) in [7, 11) is 0. The smallest absolute Gasteiger partial charge is 0.339 e. The van der Waals surface area contributed by atoms with Crippen molar-refractivity contribution in [2.24, 2.45) is 0 Å². The normalized spacial score (nSPS) is 10.6. The number of carbonyl (C=O) groups excluding carboxylic acids is 2. The van der Waals surface area contributed by atoms with Crippen molar-refractivity contribution in [1.29, 1.82) is 0 Å². The molecule has 27 heavy (non-hydrogen) atoms. The fraction of sp³-hybridized carbons (Fsp3) is 0.158. The van der Waals surface area contributed by atoms with Gasteiger partial charge in [-0.2, -0.15) is 4.98 Å². The van der Waals surface area contributed by atoms with E-state index in [1.807, 2.05) is 0 Å². The molecule has 0 aliphatic rings. The standard InChI is InChI=1S/C19H15FN2O4S/c1-12-21-18(26-22-12)11-27-17-9-5-3-7-14(17)19(24)25-10-16(23)13-6-2-4-8-15(13)20/h2-9H,10-11H2,1H3. The fourth-order valence-corrected chi connectivity index (χ4v) is 3.15. The molecule has 1 aromatic heterocycles. The summed E-state index contributed by atoms with van der Waals surface area (Å²) >= 11 is 1.33. The fourth-order valence-electron chi connectivity index (χ4n) is 2.27. The van der Waals surface area contributed by atoms with Crippen LogP contribution < -0.4 is 0 Å². The average Bonchev–Trinajstić information content (AvgIpc) is 3.10. The molecule has 0 spiro atoms. The van der Waals surface area contributed by atoms with Gasteiger partial charge in [-0.05, 0) is 31.2 Å². The maximum absolute atomic E-state index is 13.6. The first-order valence-corrected chi connectivity index (χ1v) is 8.99. The van der Waals surface area contributed by atoms with Crippen molar-refractivity contribution in [3.63, 3.8) is 0 Å². The number of hydrogen-bond acceptors (Lipinski definition) is 7. The molecular formula is C19H15FN2O4S. The Morgan fingerprint density at radius 2 is 1.81 bits per heavy atom. The number of benzene rings is 2. The highest BCUT2D eigenvalue weighted by Crippen LogP contribution is 2.26. The molecule has 0 saturated heterocycles. The van der Waals surface area contributed by atoms with E-state index in [2.05, 4.69) is 10.1 Å². The molecule has 8 heteroatoms. The quantitative estimate of drug-likeness (QED) is 0.346. The zero-order valence-electron chi connectivity index (χ0n) is 14.3. The number of nitrogens with zero attached hydrogens (tertiary/aromatic N) is 2. The van der Waals surface area contributed by atoms with Crippen LogP contribution >= 0.6 is 11.8 Å². The van der Waals surface area contributed by atoms with Crippen LogP contribution in [0.3, 0.4) is 0 Å². The first kappa shape index (κ1) is 18.8. The lowest BCUT2D eigenvalue weighted by atomic mass is 10.1. The Kier molecular flexibility index (Phi) is 5.97. The topological polar surface area (TPSA) is 82.3 Å². The van der Waals surface area contributed by atoms with Crippen LogP contribution in [0, 0.1) is 12.7 Å². The van der Waals surface area contributed by atoms with E-state index < -0.39 is 24.2 Å². The molecule has 0 bridgehead atoms. The van der Waals surface area contributed by atoms with Crippen LogP contribution in [0.1, 0.15) is 32.4 Å². The highest BCUT2D eigenvalue weighted by atomic mass is 32.2. The van der Waals surface area contributed by atoms with Gasteiger partial charge < -0.3 is 9.26 Å². The second-order valence-electron chi connectivity index (χ2n) is 5.50. The molecule has 0 aliphatic heterocycles. The SMILES string of the molecule is Cc1noc(CSc2ccccc2C(=O)OCC(=O)c2ccccc2F)n1. The summed E-state index contributed by atoms with van der Waals surface area (Å²) in [6.45, 7) is 1.18. The van der Waals surface area contributed by atoms with Crippen molar-refractivity contribution in [3.05, 3.63) is 77.2 Å². The van der Waals surface area contributed by atoms with E-state index in [0.29, 0.717) is 27.9 Å². The van der Waals surface area contributed by atoms with Gasteiger partial charge in [0.1, 0.15) is 5.82 Å². The summed E-state index contributed by atoms with van der Waals surface area (Å²) in [6.07, 6.45) is 0. The third kappa shape index (κ3) is 4.79. The van der Waals surface area contributed by atoms with Crippen LogP contribution in [-0.4, -0.2) is 28.5 Å². The predicted molar refractivity (Wildman–Crippen MR) is 96.1 cm³/mol. The van der Waals surface area contributed by atoms with Crippen LogP contribution in [-0.2, 0) is 10.5 Å². The summed E-state index contributed by atoms with van der Waals surface area (Å²) < 4.78 is 23.8. The lowest BCUT2D eigenvalue weighted by molar-refractivity contribution is 0.0470. The minimum Gasteiger partial charge on any atom is -0.454 e. The van der Waals surface area contributed by atoms with Crippen LogP contribution in [0.5, 0.6) is 0 Å². The van der Waals surface area contributed by atoms with Crippen molar-refractivity contribution in [3.8, 4) is 0 Å². The van der Waals surface area contributed by atoms with Gasteiger partial charge in [-0.3, -0.25) is 4.79 Å². The summed E-state index contributed by atoms with van der Waals surface area (Å²) in [4.78, 5) is 29.2. The van der Waals surface area contributed by atoms with E-state index in [1.165, 1.54) is 30.0 Å². The maximum Gasteiger partial charge on any atom is 0.339 e. The Morgan fingerprint density at radius 3 is 2.52 bits per heavy atom. The van der Waals surface area contributed by atoms with Crippen molar-refractivity contribution in [2.75, 3.05) is 6.61 Å². The van der Waals surface area contributed by atoms with Crippen molar-refractivity contribution in [1.82, 2.24) is 10.1 Å². The second kappa shape index (κ2) is 8.59. The molecule has 0 unspecified atom stereocenters. The van der Waals surface area contributed by atoms with Crippen molar-refractivity contribution < 1.29 is 23.2 Å². The Balaban J connectivity index is 1.64. The van der Waals surface area contributed by atoms with Gasteiger partial charge in [0.2, 0.25) is 11.7 Å². The van der Waals surface area contributed by atoms with Gasteiger partial charge >= 0.3 is 5.97 Å². The molecule has 0 saturated carbocycles. The number of thioether (sulfide) groups is 1. The van der Waals surface area contributed by atoms with Crippen LogP contribution in [0.25, 0.3) is 0 Å². The number of rotatable bonds is 7. The molecule has 2 aromatic carbocycles. The number of ketones is 1. The lowest BCUT2D eigenvalue weighted by Gasteiger charge is -2.08. The van der Waals surface area contributed by atoms with Crippen LogP contribution in [0.2, 0.25) is 0 Å². The molecule has 0 N–H and O–H groups in total. The molecule has 0 amide bonds. The maximum atomic E-state index is 13.6. The number of Topliss-reactive ketones (excluding diaryl/α,β-unsaturated/α-hetero) is 1. The number of aromatic nitrogens is 2. The Bertz CT molecular complexity index is 974. The molecule has 0 radical (unpaired) electrons. The Morgan fingerprint density at radius 1 is 1.11 bits per heavy atom. The molecule has 6 nitrogen and oxygen atoms in total. The number of ether oxygens (including phenoxy) is 1. The van der Waals surface area contributed by atoms with E-state index in [1.54, 1.807) is 37.3 Å². The molecule has 3 aromatic rings. The third-order valence-electron chi connectivity index (χ3n) is 3.54. The molecule has 1 heterocycles. The Labute approximate surface area is 158 Å². The average molecular weight is 386 g/mol. The van der Waals surface area contributed by atoms with Crippen molar-refractivity contribution >= 4 is 23.5 Å². The minimum atomic E-state index is -0.663. The van der Waals surface area contributed by atoms with Gasteiger partial charge in [0.05, 0.1) is 16.9 Å². The highest BCUT2D eigenvalue weighted by molar-refractivity contribution is 7.98. The molecular weight excluding hydrogens is 371 g/mol. The zero-order chi connectivity index (χ0) is 19.2. The van der Waals surface area contributed by atoms with Gasteiger partial charge in [0, 0.05) is 4.90 Å². The van der Waals surface area contributed by atoms with Crippen LogP contribution in [0.15, 0.2) is 57.9 Å². The van der Waals surface area contributed by atoms with Gasteiger partial charge in [-0.15, -0.1) is 11.8 Å². The molecule has 0 fully saturated rings. The molecule has 0 aliphatic carbocycles. The second-order valence-corrected chi connectivity index (χ2v) is 6.52. The molecule has 3 rings (SSSR count). The predicted octanol–water partition coefficient (Wildman–Crippen LogP) is 3.85.